The molecule has 92 valence electrons. The third kappa shape index (κ3) is 2.76. The Kier molecular flexibility index (Phi) is 3.24. The molecule has 0 aromatic rings. The van der Waals surface area contributed by atoms with Crippen molar-refractivity contribution in [2.24, 2.45) is 5.41 Å². The molecule has 1 atom stereocenters. The quantitative estimate of drug-likeness (QED) is 0.772. The van der Waals surface area contributed by atoms with Crippen LogP contribution < -0.4 is 5.32 Å². The topological polar surface area (TPSA) is 32.3 Å². The summed E-state index contributed by atoms with van der Waals surface area (Å²) in [6, 6.07) is 0.744. The summed E-state index contributed by atoms with van der Waals surface area (Å²) >= 11 is 0. The zero-order valence-electron chi connectivity index (χ0n) is 10.8. The summed E-state index contributed by atoms with van der Waals surface area (Å²) in [5, 5.41) is 3.45. The molecule has 1 saturated heterocycles. The Bertz CT molecular complexity index is 271. The summed E-state index contributed by atoms with van der Waals surface area (Å²) in [5.74, 6) is 0.327. The first-order valence-electron chi connectivity index (χ1n) is 6.57. The summed E-state index contributed by atoms with van der Waals surface area (Å²) < 4.78 is 0. The zero-order chi connectivity index (χ0) is 11.8. The van der Waals surface area contributed by atoms with E-state index in [-0.39, 0.29) is 11.5 Å². The standard InChI is InChI=1S/C13H24N2O/c1-4-13(2,3)9-15-8-7-11(12(15)16)14-10-5-6-10/h10-11,14H,4-9H2,1-3H3. The number of rotatable bonds is 5. The molecule has 1 saturated carbocycles. The van der Waals surface area contributed by atoms with E-state index in [0.29, 0.717) is 11.9 Å². The maximum absolute atomic E-state index is 12.1. The highest BCUT2D eigenvalue weighted by Gasteiger charge is 2.37. The molecule has 1 unspecified atom stereocenters. The van der Waals surface area contributed by atoms with E-state index < -0.39 is 0 Å². The highest BCUT2D eigenvalue weighted by atomic mass is 16.2. The van der Waals surface area contributed by atoms with Gasteiger partial charge in [0.2, 0.25) is 5.91 Å². The molecular weight excluding hydrogens is 200 g/mol. The number of nitrogens with zero attached hydrogens (tertiary/aromatic N) is 1. The fraction of sp³-hybridized carbons (Fsp3) is 0.923. The number of amides is 1. The Hall–Kier alpha value is -0.570. The minimum Gasteiger partial charge on any atom is -0.341 e. The fourth-order valence-electron chi connectivity index (χ4n) is 2.21. The van der Waals surface area contributed by atoms with Crippen LogP contribution in [0.4, 0.5) is 0 Å². The van der Waals surface area contributed by atoms with Gasteiger partial charge in [-0.25, -0.2) is 0 Å². The van der Waals surface area contributed by atoms with Crippen molar-refractivity contribution in [3.63, 3.8) is 0 Å². The van der Waals surface area contributed by atoms with Crippen molar-refractivity contribution in [3.05, 3.63) is 0 Å². The highest BCUT2D eigenvalue weighted by molar-refractivity contribution is 5.84. The fourth-order valence-corrected chi connectivity index (χ4v) is 2.21. The van der Waals surface area contributed by atoms with Gasteiger partial charge < -0.3 is 10.2 Å². The maximum atomic E-state index is 12.1. The van der Waals surface area contributed by atoms with Gasteiger partial charge in [0.15, 0.2) is 0 Å². The number of carbonyl (C=O) groups is 1. The summed E-state index contributed by atoms with van der Waals surface area (Å²) in [6.07, 6.45) is 4.63. The molecule has 1 aliphatic heterocycles. The Morgan fingerprint density at radius 1 is 1.38 bits per heavy atom. The Morgan fingerprint density at radius 3 is 2.62 bits per heavy atom. The maximum Gasteiger partial charge on any atom is 0.239 e. The van der Waals surface area contributed by atoms with Crippen LogP contribution in [0, 0.1) is 5.41 Å². The van der Waals surface area contributed by atoms with Gasteiger partial charge in [0.1, 0.15) is 0 Å². The molecular formula is C13H24N2O. The van der Waals surface area contributed by atoms with E-state index in [0.717, 1.165) is 25.9 Å². The number of likely N-dealkylation sites (tertiary alicyclic amines) is 1. The van der Waals surface area contributed by atoms with Gasteiger partial charge in [-0.1, -0.05) is 20.8 Å². The summed E-state index contributed by atoms with van der Waals surface area (Å²) in [6.45, 7) is 8.52. The molecule has 2 rings (SSSR count). The van der Waals surface area contributed by atoms with Crippen LogP contribution in [0.25, 0.3) is 0 Å². The molecule has 0 radical (unpaired) electrons. The molecule has 0 spiro atoms. The van der Waals surface area contributed by atoms with Crippen molar-refractivity contribution < 1.29 is 4.79 Å². The number of nitrogens with one attached hydrogen (secondary N) is 1. The summed E-state index contributed by atoms with van der Waals surface area (Å²) in [4.78, 5) is 14.2. The lowest BCUT2D eigenvalue weighted by Gasteiger charge is -2.29. The van der Waals surface area contributed by atoms with Gasteiger partial charge in [-0.05, 0) is 31.1 Å². The van der Waals surface area contributed by atoms with Crippen LogP contribution in [0.1, 0.15) is 46.5 Å². The molecule has 1 heterocycles. The van der Waals surface area contributed by atoms with Crippen LogP contribution in [-0.4, -0.2) is 36.0 Å². The molecule has 1 amide bonds. The second-order valence-corrected chi connectivity index (χ2v) is 6.06. The Labute approximate surface area is 98.6 Å². The molecule has 0 aromatic carbocycles. The first kappa shape index (κ1) is 11.9. The van der Waals surface area contributed by atoms with E-state index in [2.05, 4.69) is 26.1 Å². The SMILES string of the molecule is CCC(C)(C)CN1CCC(NC2CC2)C1=O. The molecule has 1 N–H and O–H groups in total. The van der Waals surface area contributed by atoms with Crippen LogP contribution in [0.2, 0.25) is 0 Å². The Balaban J connectivity index is 1.85. The minimum absolute atomic E-state index is 0.111. The lowest BCUT2D eigenvalue weighted by Crippen LogP contribution is -2.42. The lowest BCUT2D eigenvalue weighted by atomic mass is 9.90. The van der Waals surface area contributed by atoms with Gasteiger partial charge in [0, 0.05) is 19.1 Å². The van der Waals surface area contributed by atoms with Gasteiger partial charge in [-0.2, -0.15) is 0 Å². The minimum atomic E-state index is 0.111. The first-order chi connectivity index (χ1) is 7.52. The van der Waals surface area contributed by atoms with Crippen molar-refractivity contribution >= 4 is 5.91 Å². The molecule has 2 fully saturated rings. The van der Waals surface area contributed by atoms with E-state index in [4.69, 9.17) is 0 Å². The highest BCUT2D eigenvalue weighted by Crippen LogP contribution is 2.26. The van der Waals surface area contributed by atoms with Crippen LogP contribution in [0.5, 0.6) is 0 Å². The lowest BCUT2D eigenvalue weighted by molar-refractivity contribution is -0.130. The number of carbonyl (C=O) groups excluding carboxylic acids is 1. The average molecular weight is 224 g/mol. The normalized spacial score (nSPS) is 26.6. The smallest absolute Gasteiger partial charge is 0.239 e. The third-order valence-corrected chi connectivity index (χ3v) is 3.89. The van der Waals surface area contributed by atoms with Gasteiger partial charge in [0.25, 0.3) is 0 Å². The van der Waals surface area contributed by atoms with E-state index in [1.807, 2.05) is 4.90 Å². The van der Waals surface area contributed by atoms with E-state index >= 15 is 0 Å². The van der Waals surface area contributed by atoms with Crippen molar-refractivity contribution in [3.8, 4) is 0 Å². The summed E-state index contributed by atoms with van der Waals surface area (Å²) in [5.41, 5.74) is 0.254. The largest absolute Gasteiger partial charge is 0.341 e. The van der Waals surface area contributed by atoms with Gasteiger partial charge in [0.05, 0.1) is 6.04 Å². The molecule has 3 heteroatoms. The molecule has 16 heavy (non-hydrogen) atoms. The molecule has 1 aliphatic carbocycles. The van der Waals surface area contributed by atoms with Gasteiger partial charge in [-0.15, -0.1) is 0 Å². The predicted molar refractivity (Wildman–Crippen MR) is 65.2 cm³/mol. The molecule has 3 nitrogen and oxygen atoms in total. The van der Waals surface area contributed by atoms with Crippen molar-refractivity contribution in [2.75, 3.05) is 13.1 Å². The van der Waals surface area contributed by atoms with Gasteiger partial charge >= 0.3 is 0 Å². The van der Waals surface area contributed by atoms with Crippen LogP contribution in [0.3, 0.4) is 0 Å². The van der Waals surface area contributed by atoms with Crippen molar-refractivity contribution in [1.82, 2.24) is 10.2 Å². The van der Waals surface area contributed by atoms with Gasteiger partial charge in [-0.3, -0.25) is 4.79 Å². The Morgan fingerprint density at radius 2 is 2.06 bits per heavy atom. The van der Waals surface area contributed by atoms with Crippen LogP contribution in [-0.2, 0) is 4.79 Å². The second kappa shape index (κ2) is 4.36. The molecule has 2 aliphatic rings. The molecule has 0 aromatic heterocycles. The monoisotopic (exact) mass is 224 g/mol. The van der Waals surface area contributed by atoms with Crippen LogP contribution >= 0.6 is 0 Å². The molecule has 0 bridgehead atoms. The average Bonchev–Trinajstić information content (AvgIpc) is 2.99. The van der Waals surface area contributed by atoms with Crippen LogP contribution in [0.15, 0.2) is 0 Å². The second-order valence-electron chi connectivity index (χ2n) is 6.06. The number of hydrogen-bond acceptors (Lipinski definition) is 2. The zero-order valence-corrected chi connectivity index (χ0v) is 10.8. The third-order valence-electron chi connectivity index (χ3n) is 3.89. The van der Waals surface area contributed by atoms with E-state index in [9.17, 15) is 4.79 Å². The number of hydrogen-bond donors (Lipinski definition) is 1. The summed E-state index contributed by atoms with van der Waals surface area (Å²) in [7, 11) is 0. The first-order valence-corrected chi connectivity index (χ1v) is 6.57. The van der Waals surface area contributed by atoms with Crippen molar-refractivity contribution in [1.29, 1.82) is 0 Å². The van der Waals surface area contributed by atoms with Crippen molar-refractivity contribution in [2.45, 2.75) is 58.5 Å². The van der Waals surface area contributed by atoms with E-state index in [1.54, 1.807) is 0 Å². The predicted octanol–water partition coefficient (Wildman–Crippen LogP) is 1.78. The van der Waals surface area contributed by atoms with E-state index in [1.165, 1.54) is 12.8 Å².